The van der Waals surface area contributed by atoms with Crippen LogP contribution in [0.4, 0.5) is 13.2 Å². The summed E-state index contributed by atoms with van der Waals surface area (Å²) in [6.07, 6.45) is -1.77. The van der Waals surface area contributed by atoms with Crippen molar-refractivity contribution in [1.82, 2.24) is 10.2 Å². The number of likely N-dealkylation sites (tertiary alicyclic amines) is 1. The number of primary amides is 1. The van der Waals surface area contributed by atoms with E-state index in [4.69, 9.17) is 5.73 Å². The lowest BCUT2D eigenvalue weighted by Crippen LogP contribution is -2.48. The summed E-state index contributed by atoms with van der Waals surface area (Å²) in [6, 6.07) is 6.24. The van der Waals surface area contributed by atoms with E-state index in [1.54, 1.807) is 19.2 Å². The van der Waals surface area contributed by atoms with Crippen LogP contribution in [0.2, 0.25) is 0 Å². The topological polar surface area (TPSA) is 80.0 Å². The van der Waals surface area contributed by atoms with Crippen LogP contribution in [0, 0.1) is 5.92 Å². The molecule has 6 nitrogen and oxygen atoms in total. The van der Waals surface area contributed by atoms with E-state index in [2.05, 4.69) is 19.9 Å². The molecule has 10 heteroatoms. The minimum atomic E-state index is -4.72. The van der Waals surface area contributed by atoms with Gasteiger partial charge < -0.3 is 20.7 Å². The predicted molar refractivity (Wildman–Crippen MR) is 114 cm³/mol. The fourth-order valence-corrected chi connectivity index (χ4v) is 3.87. The van der Waals surface area contributed by atoms with E-state index in [-0.39, 0.29) is 53.5 Å². The Bertz CT molecular complexity index is 744. The number of aliphatic imine (C=N–C) groups is 1. The Hall–Kier alpha value is -1.72. The number of halogens is 4. The summed E-state index contributed by atoms with van der Waals surface area (Å²) in [7, 11) is 1.68. The summed E-state index contributed by atoms with van der Waals surface area (Å²) in [5.74, 6) is 0.371. The van der Waals surface area contributed by atoms with E-state index in [0.717, 1.165) is 19.4 Å². The number of para-hydroxylation sites is 1. The maximum atomic E-state index is 12.6. The van der Waals surface area contributed by atoms with E-state index in [1.807, 2.05) is 0 Å². The third kappa shape index (κ3) is 6.65. The van der Waals surface area contributed by atoms with Gasteiger partial charge in [0.1, 0.15) is 5.75 Å². The van der Waals surface area contributed by atoms with Crippen LogP contribution in [0.25, 0.3) is 0 Å². The van der Waals surface area contributed by atoms with Crippen molar-refractivity contribution in [3.8, 4) is 5.75 Å². The lowest BCUT2D eigenvalue weighted by Gasteiger charge is -2.34. The van der Waals surface area contributed by atoms with Crippen LogP contribution in [0.5, 0.6) is 5.75 Å². The highest BCUT2D eigenvalue weighted by Gasteiger charge is 2.43. The number of ether oxygens (including phenoxy) is 1. The highest BCUT2D eigenvalue weighted by molar-refractivity contribution is 14.0. The largest absolute Gasteiger partial charge is 0.573 e. The number of carbonyl (C=O) groups excluding carboxylic acids is 1. The molecule has 162 valence electrons. The Morgan fingerprint density at radius 1 is 1.38 bits per heavy atom. The van der Waals surface area contributed by atoms with E-state index >= 15 is 0 Å². The first-order chi connectivity index (χ1) is 13.3. The number of nitrogens with one attached hydrogen (secondary N) is 1. The lowest BCUT2D eigenvalue weighted by molar-refractivity contribution is -0.274. The van der Waals surface area contributed by atoms with Crippen molar-refractivity contribution in [2.24, 2.45) is 16.6 Å². The minimum Gasteiger partial charge on any atom is -0.405 e. The van der Waals surface area contributed by atoms with Crippen molar-refractivity contribution in [2.45, 2.75) is 44.0 Å². The number of piperidine rings is 1. The van der Waals surface area contributed by atoms with Gasteiger partial charge in [0.15, 0.2) is 5.96 Å². The van der Waals surface area contributed by atoms with Crippen LogP contribution in [0.3, 0.4) is 0 Å². The van der Waals surface area contributed by atoms with Gasteiger partial charge in [-0.1, -0.05) is 18.2 Å². The Morgan fingerprint density at radius 2 is 2.10 bits per heavy atom. The third-order valence-electron chi connectivity index (χ3n) is 5.17. The molecule has 3 rings (SSSR count). The van der Waals surface area contributed by atoms with Gasteiger partial charge in [0.05, 0.1) is 0 Å². The van der Waals surface area contributed by atoms with Gasteiger partial charge in [-0.2, -0.15) is 0 Å². The smallest absolute Gasteiger partial charge is 0.405 e. The van der Waals surface area contributed by atoms with Crippen molar-refractivity contribution >= 4 is 35.8 Å². The number of alkyl halides is 3. The quantitative estimate of drug-likeness (QED) is 0.351. The summed E-state index contributed by atoms with van der Waals surface area (Å²) in [5.41, 5.74) is 5.85. The molecule has 1 aromatic carbocycles. The molecule has 3 atom stereocenters. The van der Waals surface area contributed by atoms with Crippen LogP contribution >= 0.6 is 24.0 Å². The van der Waals surface area contributed by atoms with Crippen LogP contribution in [0.15, 0.2) is 29.3 Å². The molecule has 29 heavy (non-hydrogen) atoms. The number of rotatable bonds is 5. The fraction of sp³-hybridized carbons (Fsp3) is 0.579. The molecule has 3 N–H and O–H groups in total. The summed E-state index contributed by atoms with van der Waals surface area (Å²) in [5, 5.41) is 3.35. The summed E-state index contributed by atoms with van der Waals surface area (Å²) in [6.45, 7) is 1.51. The lowest BCUT2D eigenvalue weighted by atomic mass is 9.95. The molecule has 0 aromatic heterocycles. The zero-order valence-electron chi connectivity index (χ0n) is 16.1. The molecule has 1 aromatic rings. The van der Waals surface area contributed by atoms with Gasteiger partial charge in [0.25, 0.3) is 0 Å². The first kappa shape index (κ1) is 23.6. The number of nitrogens with zero attached hydrogens (tertiary/aromatic N) is 2. The number of hydrogen-bond donors (Lipinski definition) is 2. The molecule has 2 aliphatic rings. The van der Waals surface area contributed by atoms with Crippen LogP contribution in [0.1, 0.15) is 37.2 Å². The number of hydrogen-bond acceptors (Lipinski definition) is 3. The van der Waals surface area contributed by atoms with Crippen LogP contribution < -0.4 is 15.8 Å². The van der Waals surface area contributed by atoms with E-state index in [9.17, 15) is 18.0 Å². The standard InChI is InChI=1S/C19H25F3N4O2.HI/c1-24-18(26-8-4-5-12(11-26)9-17(23)27)25-15-10-14(15)13-6-2-3-7-16(13)28-19(20,21)22;/h2-3,6-7,12,14-15H,4-5,8-11H2,1H3,(H2,23,27)(H,24,25);1H. The molecule has 0 radical (unpaired) electrons. The average molecular weight is 526 g/mol. The molecule has 1 aliphatic carbocycles. The van der Waals surface area contributed by atoms with Gasteiger partial charge in [-0.05, 0) is 36.8 Å². The van der Waals surface area contributed by atoms with Crippen molar-refractivity contribution in [3.05, 3.63) is 29.8 Å². The van der Waals surface area contributed by atoms with Gasteiger partial charge in [0.2, 0.25) is 5.91 Å². The highest BCUT2D eigenvalue weighted by Crippen LogP contribution is 2.45. The molecule has 1 saturated carbocycles. The van der Waals surface area contributed by atoms with E-state index in [1.165, 1.54) is 12.1 Å². The normalized spacial score (nSPS) is 24.5. The molecule has 1 aliphatic heterocycles. The molecular weight excluding hydrogens is 500 g/mol. The molecule has 1 heterocycles. The van der Waals surface area contributed by atoms with Crippen molar-refractivity contribution in [3.63, 3.8) is 0 Å². The second-order valence-electron chi connectivity index (χ2n) is 7.35. The number of benzene rings is 1. The van der Waals surface area contributed by atoms with Gasteiger partial charge in [-0.25, -0.2) is 0 Å². The third-order valence-corrected chi connectivity index (χ3v) is 5.17. The number of amides is 1. The zero-order chi connectivity index (χ0) is 20.3. The number of guanidine groups is 1. The highest BCUT2D eigenvalue weighted by atomic mass is 127. The molecular formula is C19H26F3IN4O2. The van der Waals surface area contributed by atoms with Crippen molar-refractivity contribution in [1.29, 1.82) is 0 Å². The minimum absolute atomic E-state index is 0. The maximum absolute atomic E-state index is 12.6. The van der Waals surface area contributed by atoms with Crippen molar-refractivity contribution in [2.75, 3.05) is 20.1 Å². The van der Waals surface area contributed by atoms with Crippen LogP contribution in [-0.4, -0.2) is 49.3 Å². The SMILES string of the molecule is CN=C(NC1CC1c1ccccc1OC(F)(F)F)N1CCCC(CC(N)=O)C1.I. The van der Waals surface area contributed by atoms with Gasteiger partial charge in [-0.3, -0.25) is 9.79 Å². The van der Waals surface area contributed by atoms with Gasteiger partial charge in [-0.15, -0.1) is 37.1 Å². The predicted octanol–water partition coefficient (Wildman–Crippen LogP) is 3.22. The molecule has 3 unspecified atom stereocenters. The van der Waals surface area contributed by atoms with Crippen molar-refractivity contribution < 1.29 is 22.7 Å². The maximum Gasteiger partial charge on any atom is 0.573 e. The fourth-order valence-electron chi connectivity index (χ4n) is 3.87. The number of carbonyl (C=O) groups is 1. The Labute approximate surface area is 185 Å². The monoisotopic (exact) mass is 526 g/mol. The van der Waals surface area contributed by atoms with Crippen LogP contribution in [-0.2, 0) is 4.79 Å². The van der Waals surface area contributed by atoms with Gasteiger partial charge in [0, 0.05) is 38.5 Å². The average Bonchev–Trinajstić information content (AvgIpc) is 3.37. The second kappa shape index (κ2) is 9.86. The zero-order valence-corrected chi connectivity index (χ0v) is 18.4. The van der Waals surface area contributed by atoms with E-state index in [0.29, 0.717) is 30.9 Å². The molecule has 1 amide bonds. The van der Waals surface area contributed by atoms with Gasteiger partial charge >= 0.3 is 6.36 Å². The molecule has 2 fully saturated rings. The summed E-state index contributed by atoms with van der Waals surface area (Å²) < 4.78 is 42.1. The Morgan fingerprint density at radius 3 is 2.76 bits per heavy atom. The first-order valence-electron chi connectivity index (χ1n) is 9.38. The summed E-state index contributed by atoms with van der Waals surface area (Å²) >= 11 is 0. The molecule has 0 bridgehead atoms. The Kier molecular flexibility index (Phi) is 8.01. The summed E-state index contributed by atoms with van der Waals surface area (Å²) in [4.78, 5) is 17.6. The second-order valence-corrected chi connectivity index (χ2v) is 7.35. The first-order valence-corrected chi connectivity index (χ1v) is 9.38. The molecule has 0 spiro atoms. The number of nitrogens with two attached hydrogens (primary N) is 1. The van der Waals surface area contributed by atoms with E-state index < -0.39 is 6.36 Å². The Balaban J connectivity index is 0.00000300. The molecule has 1 saturated heterocycles.